The lowest BCUT2D eigenvalue weighted by Crippen LogP contribution is -2.58. The summed E-state index contributed by atoms with van der Waals surface area (Å²) >= 11 is 0. The molecule has 1 aromatic carbocycles. The summed E-state index contributed by atoms with van der Waals surface area (Å²) in [5, 5.41) is 21.0. The van der Waals surface area contributed by atoms with Crippen molar-refractivity contribution in [2.24, 2.45) is 34.5 Å². The van der Waals surface area contributed by atoms with Gasteiger partial charge in [0.25, 0.3) is 0 Å². The third kappa shape index (κ3) is 4.24. The Morgan fingerprint density at radius 2 is 1.82 bits per heavy atom. The molecule has 4 aliphatic carbocycles. The van der Waals surface area contributed by atoms with E-state index < -0.39 is 45.8 Å². The molecule has 232 valence electrons. The first-order valence-corrected chi connectivity index (χ1v) is 15.5. The third-order valence-electron chi connectivity index (χ3n) is 11.5. The van der Waals surface area contributed by atoms with Gasteiger partial charge in [-0.3, -0.25) is 19.2 Å². The van der Waals surface area contributed by atoms with Gasteiger partial charge in [0.15, 0.2) is 17.0 Å². The van der Waals surface area contributed by atoms with Gasteiger partial charge in [-0.05, 0) is 67.9 Å². The van der Waals surface area contributed by atoms with Gasteiger partial charge in [0.1, 0.15) is 22.5 Å². The van der Waals surface area contributed by atoms with E-state index in [1.54, 1.807) is 0 Å². The van der Waals surface area contributed by atoms with E-state index >= 15 is 0 Å². The van der Waals surface area contributed by atoms with Crippen molar-refractivity contribution in [3.63, 3.8) is 0 Å². The molecule has 1 fully saturated rings. The Hall–Kier alpha value is -3.94. The average Bonchev–Trinajstić information content (AvgIpc) is 2.95. The Bertz CT molecular complexity index is 1740. The van der Waals surface area contributed by atoms with Gasteiger partial charge < -0.3 is 19.4 Å². The number of ketones is 2. The molecule has 0 aliphatic heterocycles. The van der Waals surface area contributed by atoms with Gasteiger partial charge in [-0.15, -0.1) is 0 Å². The van der Waals surface area contributed by atoms with Crippen LogP contribution in [0.25, 0.3) is 11.0 Å². The van der Waals surface area contributed by atoms with Crippen LogP contribution in [0.4, 0.5) is 0 Å². The first-order chi connectivity index (χ1) is 20.7. The quantitative estimate of drug-likeness (QED) is 0.385. The fraction of sp³-hybridized carbons (Fsp3) is 0.500. The van der Waals surface area contributed by atoms with Gasteiger partial charge >= 0.3 is 5.97 Å². The monoisotopic (exact) mass is 600 g/mol. The highest BCUT2D eigenvalue weighted by Crippen LogP contribution is 2.62. The molecule has 0 bridgehead atoms. The van der Waals surface area contributed by atoms with Gasteiger partial charge in [-0.2, -0.15) is 0 Å². The largest absolute Gasteiger partial charge is 0.508 e. The Morgan fingerprint density at radius 1 is 1.07 bits per heavy atom. The number of allylic oxidation sites excluding steroid dienone is 6. The van der Waals surface area contributed by atoms with Crippen molar-refractivity contribution in [1.29, 1.82) is 0 Å². The predicted molar refractivity (Wildman–Crippen MR) is 164 cm³/mol. The second kappa shape index (κ2) is 10.3. The van der Waals surface area contributed by atoms with Gasteiger partial charge in [-0.1, -0.05) is 50.5 Å². The summed E-state index contributed by atoms with van der Waals surface area (Å²) in [7, 11) is 1.35. The third-order valence-corrected chi connectivity index (χ3v) is 11.5. The van der Waals surface area contributed by atoms with Gasteiger partial charge in [0.05, 0.1) is 18.4 Å². The van der Waals surface area contributed by atoms with Crippen molar-refractivity contribution >= 4 is 28.5 Å². The van der Waals surface area contributed by atoms with E-state index in [0.29, 0.717) is 12.8 Å². The predicted octanol–water partition coefficient (Wildman–Crippen LogP) is 6.25. The Kier molecular flexibility index (Phi) is 7.06. The van der Waals surface area contributed by atoms with Crippen LogP contribution in [0.5, 0.6) is 5.75 Å². The van der Waals surface area contributed by atoms with Crippen LogP contribution in [0.15, 0.2) is 68.6 Å². The standard InChI is InChI=1S/C36H40O8/c1-19-8-11-24-32(40)29(43-5)17-30(39)36(24,31-16-27(38)21-10-9-20(37)15-28(21)44-31)26(19)18-35(4)23-7-6-14-34(2,3)22(23)12-13-25(35)33(41)42/h8-10,12,15-17,23-26,37H,6-7,11,13-14,18H2,1-5H3,(H,41,42)/t23-,24+,25-,26-,35+,36+/m1/s1. The van der Waals surface area contributed by atoms with Gasteiger partial charge in [0.2, 0.25) is 5.78 Å². The topological polar surface area (TPSA) is 131 Å². The summed E-state index contributed by atoms with van der Waals surface area (Å²) in [5.41, 5.74) is -0.598. The molecule has 2 aromatic rings. The van der Waals surface area contributed by atoms with Gasteiger partial charge in [0, 0.05) is 30.0 Å². The zero-order valence-electron chi connectivity index (χ0n) is 25.9. The number of carbonyl (C=O) groups excluding carboxylic acids is 2. The molecule has 6 atom stereocenters. The molecule has 44 heavy (non-hydrogen) atoms. The number of methoxy groups -OCH3 is 1. The molecule has 0 amide bonds. The highest BCUT2D eigenvalue weighted by molar-refractivity contribution is 6.14. The molecule has 8 nitrogen and oxygen atoms in total. The van der Waals surface area contributed by atoms with Crippen molar-refractivity contribution < 1.29 is 33.8 Å². The minimum absolute atomic E-state index is 0.0219. The summed E-state index contributed by atoms with van der Waals surface area (Å²) in [5.74, 6) is -4.03. The number of rotatable bonds is 5. The van der Waals surface area contributed by atoms with E-state index in [2.05, 4.69) is 19.9 Å². The second-order valence-electron chi connectivity index (χ2n) is 14.1. The van der Waals surface area contributed by atoms with Crippen LogP contribution in [0, 0.1) is 34.5 Å². The molecular weight excluding hydrogens is 560 g/mol. The second-order valence-corrected chi connectivity index (χ2v) is 14.1. The molecule has 0 spiro atoms. The number of carboxylic acids is 1. The lowest BCUT2D eigenvalue weighted by atomic mass is 9.46. The van der Waals surface area contributed by atoms with Crippen LogP contribution in [-0.2, 0) is 24.5 Å². The van der Waals surface area contributed by atoms with Crippen molar-refractivity contribution in [1.82, 2.24) is 0 Å². The number of Topliss-reactive ketones (excluding diaryl/α,β-unsaturated/α-hetero) is 1. The van der Waals surface area contributed by atoms with E-state index in [1.807, 2.05) is 19.9 Å². The number of phenolic OH excluding ortho intramolecular Hbond substituents is 1. The van der Waals surface area contributed by atoms with Crippen LogP contribution < -0.4 is 5.43 Å². The number of fused-ring (bicyclic) bond motifs is 3. The minimum atomic E-state index is -1.60. The van der Waals surface area contributed by atoms with E-state index in [9.17, 15) is 29.4 Å². The van der Waals surface area contributed by atoms with Crippen molar-refractivity contribution in [3.05, 3.63) is 75.4 Å². The summed E-state index contributed by atoms with van der Waals surface area (Å²) < 4.78 is 11.7. The molecule has 4 aliphatic rings. The fourth-order valence-electron chi connectivity index (χ4n) is 9.15. The Balaban J connectivity index is 1.61. The summed E-state index contributed by atoms with van der Waals surface area (Å²) in [6.07, 6.45) is 9.05. The van der Waals surface area contributed by atoms with Crippen molar-refractivity contribution in [2.75, 3.05) is 7.11 Å². The molecule has 0 radical (unpaired) electrons. The lowest BCUT2D eigenvalue weighted by molar-refractivity contribution is -0.151. The van der Waals surface area contributed by atoms with Crippen LogP contribution in [-0.4, -0.2) is 34.9 Å². The molecule has 0 saturated heterocycles. The molecule has 1 saturated carbocycles. The number of hydrogen-bond donors (Lipinski definition) is 2. The van der Waals surface area contributed by atoms with Crippen LogP contribution >= 0.6 is 0 Å². The number of aliphatic carboxylic acids is 1. The highest BCUT2D eigenvalue weighted by atomic mass is 16.5. The molecule has 6 rings (SSSR count). The number of carboxylic acid groups (broad SMARTS) is 1. The number of benzene rings is 1. The van der Waals surface area contributed by atoms with Crippen LogP contribution in [0.1, 0.15) is 72.0 Å². The van der Waals surface area contributed by atoms with Crippen molar-refractivity contribution in [3.8, 4) is 5.75 Å². The molecule has 2 N–H and O–H groups in total. The number of aromatic hydroxyl groups is 1. The fourth-order valence-corrected chi connectivity index (χ4v) is 9.15. The van der Waals surface area contributed by atoms with E-state index in [4.69, 9.17) is 9.15 Å². The maximum Gasteiger partial charge on any atom is 0.307 e. The highest BCUT2D eigenvalue weighted by Gasteiger charge is 2.63. The normalized spacial score (nSPS) is 33.1. The minimum Gasteiger partial charge on any atom is -0.508 e. The molecular formula is C36H40O8. The summed E-state index contributed by atoms with van der Waals surface area (Å²) in [6.45, 7) is 8.39. The Labute approximate surface area is 256 Å². The number of carbonyl (C=O) groups is 3. The summed E-state index contributed by atoms with van der Waals surface area (Å²) in [6, 6.07) is 5.50. The summed E-state index contributed by atoms with van der Waals surface area (Å²) in [4.78, 5) is 55.0. The van der Waals surface area contributed by atoms with Crippen LogP contribution in [0.2, 0.25) is 0 Å². The Morgan fingerprint density at radius 3 is 2.52 bits per heavy atom. The zero-order chi connectivity index (χ0) is 31.8. The van der Waals surface area contributed by atoms with E-state index in [1.165, 1.54) is 43.0 Å². The van der Waals surface area contributed by atoms with Crippen molar-refractivity contribution in [2.45, 2.75) is 71.6 Å². The maximum absolute atomic E-state index is 14.6. The van der Waals surface area contributed by atoms with Gasteiger partial charge in [-0.25, -0.2) is 0 Å². The van der Waals surface area contributed by atoms with E-state index in [-0.39, 0.29) is 51.8 Å². The molecule has 1 heterocycles. The molecule has 0 unspecified atom stereocenters. The number of ether oxygens (including phenoxy) is 1. The number of hydrogen-bond acceptors (Lipinski definition) is 7. The molecule has 1 aromatic heterocycles. The SMILES string of the molecule is COC1=CC(=O)[C@@]2(c3cc(=O)c4ccc(O)cc4o3)[C@H](C[C@]3(C)[C@@H](C(=O)O)CC=C4[C@H]3CCCC4(C)C)C(C)=CC[C@H]2C1=O. The van der Waals surface area contributed by atoms with Crippen LogP contribution in [0.3, 0.4) is 0 Å². The average molecular weight is 601 g/mol. The zero-order valence-corrected chi connectivity index (χ0v) is 25.9. The lowest BCUT2D eigenvalue weighted by Gasteiger charge is -2.56. The van der Waals surface area contributed by atoms with E-state index in [0.717, 1.165) is 24.8 Å². The number of phenols is 1. The first kappa shape index (κ1) is 30.1. The first-order valence-electron chi connectivity index (χ1n) is 15.5. The smallest absolute Gasteiger partial charge is 0.307 e. The maximum atomic E-state index is 14.6. The molecule has 8 heteroatoms.